The molecule has 0 saturated carbocycles. The summed E-state index contributed by atoms with van der Waals surface area (Å²) in [5, 5.41) is 10.9. The van der Waals surface area contributed by atoms with Crippen LogP contribution in [0.3, 0.4) is 0 Å². The maximum Gasteiger partial charge on any atom is 0.295 e. The molecule has 1 N–H and O–H groups in total. The number of carbonyl (C=O) groups excluding carboxylic acids is 2. The first kappa shape index (κ1) is 19.6. The topological polar surface area (TPSA) is 79.7 Å². The third kappa shape index (κ3) is 3.76. The van der Waals surface area contributed by atoms with Crippen LogP contribution in [0.25, 0.3) is 5.76 Å². The molecule has 0 radical (unpaired) electrons. The van der Waals surface area contributed by atoms with Crippen LogP contribution in [0, 0.1) is 0 Å². The molecule has 28 heavy (non-hydrogen) atoms. The lowest BCUT2D eigenvalue weighted by Crippen LogP contribution is -2.30. The second-order valence-corrected chi connectivity index (χ2v) is 6.65. The van der Waals surface area contributed by atoms with E-state index in [-0.39, 0.29) is 11.3 Å². The number of rotatable bonds is 7. The van der Waals surface area contributed by atoms with Crippen LogP contribution in [-0.2, 0) is 9.59 Å². The number of hydrogen-bond acceptors (Lipinski definition) is 5. The SMILES string of the molecule is CCCOc1ccc(/C(O)=C2/C(=O)C(=O)N(CCC)C2c2cccnc2)cc1. The third-order valence-electron chi connectivity index (χ3n) is 4.61. The van der Waals surface area contributed by atoms with Gasteiger partial charge in [0, 0.05) is 24.5 Å². The number of ketones is 1. The van der Waals surface area contributed by atoms with E-state index in [0.717, 1.165) is 6.42 Å². The van der Waals surface area contributed by atoms with Gasteiger partial charge in [0.15, 0.2) is 0 Å². The van der Waals surface area contributed by atoms with Gasteiger partial charge >= 0.3 is 0 Å². The molecule has 1 aromatic heterocycles. The molecule has 0 bridgehead atoms. The van der Waals surface area contributed by atoms with Gasteiger partial charge in [-0.1, -0.05) is 19.9 Å². The number of aliphatic hydroxyl groups excluding tert-OH is 1. The summed E-state index contributed by atoms with van der Waals surface area (Å²) >= 11 is 0. The van der Waals surface area contributed by atoms with E-state index in [1.165, 1.54) is 4.90 Å². The van der Waals surface area contributed by atoms with Crippen LogP contribution in [0.5, 0.6) is 5.75 Å². The van der Waals surface area contributed by atoms with E-state index in [9.17, 15) is 14.7 Å². The van der Waals surface area contributed by atoms with E-state index in [1.54, 1.807) is 48.8 Å². The van der Waals surface area contributed by atoms with Crippen LogP contribution in [0.4, 0.5) is 0 Å². The molecule has 1 atom stereocenters. The molecule has 2 aromatic rings. The van der Waals surface area contributed by atoms with E-state index >= 15 is 0 Å². The van der Waals surface area contributed by atoms with Crippen LogP contribution < -0.4 is 4.74 Å². The number of likely N-dealkylation sites (tertiary alicyclic amines) is 1. The highest BCUT2D eigenvalue weighted by molar-refractivity contribution is 6.46. The number of Topliss-reactive ketones (excluding diaryl/α,β-unsaturated/α-hetero) is 1. The van der Waals surface area contributed by atoms with Gasteiger partial charge in [-0.3, -0.25) is 14.6 Å². The van der Waals surface area contributed by atoms with E-state index in [1.807, 2.05) is 13.8 Å². The third-order valence-corrected chi connectivity index (χ3v) is 4.61. The second-order valence-electron chi connectivity index (χ2n) is 6.65. The molecule has 1 unspecified atom stereocenters. The molecule has 1 aliphatic heterocycles. The molecule has 6 nitrogen and oxygen atoms in total. The van der Waals surface area contributed by atoms with Crippen molar-refractivity contribution in [3.05, 3.63) is 65.5 Å². The quantitative estimate of drug-likeness (QED) is 0.450. The van der Waals surface area contributed by atoms with E-state index in [4.69, 9.17) is 4.74 Å². The van der Waals surface area contributed by atoms with Crippen LogP contribution >= 0.6 is 0 Å². The highest BCUT2D eigenvalue weighted by Crippen LogP contribution is 2.39. The summed E-state index contributed by atoms with van der Waals surface area (Å²) in [6.07, 6.45) is 4.85. The minimum atomic E-state index is -0.675. The van der Waals surface area contributed by atoms with Crippen molar-refractivity contribution >= 4 is 17.4 Å². The number of hydrogen-bond donors (Lipinski definition) is 1. The second kappa shape index (κ2) is 8.69. The molecule has 146 valence electrons. The first-order valence-corrected chi connectivity index (χ1v) is 9.50. The Labute approximate surface area is 164 Å². The summed E-state index contributed by atoms with van der Waals surface area (Å²) in [7, 11) is 0. The van der Waals surface area contributed by atoms with Gasteiger partial charge < -0.3 is 14.7 Å². The summed E-state index contributed by atoms with van der Waals surface area (Å²) in [5.74, 6) is -0.771. The van der Waals surface area contributed by atoms with Crippen molar-refractivity contribution in [2.24, 2.45) is 0 Å². The summed E-state index contributed by atoms with van der Waals surface area (Å²) in [5.41, 5.74) is 1.25. The van der Waals surface area contributed by atoms with Crippen molar-refractivity contribution in [1.29, 1.82) is 0 Å². The van der Waals surface area contributed by atoms with Crippen molar-refractivity contribution in [2.75, 3.05) is 13.2 Å². The van der Waals surface area contributed by atoms with Gasteiger partial charge in [-0.2, -0.15) is 0 Å². The average molecular weight is 380 g/mol. The molecule has 1 aromatic carbocycles. The number of nitrogens with zero attached hydrogens (tertiary/aromatic N) is 2. The Morgan fingerprint density at radius 2 is 1.89 bits per heavy atom. The minimum Gasteiger partial charge on any atom is -0.507 e. The first-order chi connectivity index (χ1) is 13.6. The summed E-state index contributed by atoms with van der Waals surface area (Å²) in [6, 6.07) is 9.77. The zero-order chi connectivity index (χ0) is 20.1. The zero-order valence-electron chi connectivity index (χ0n) is 16.1. The Bertz CT molecular complexity index is 875. The van der Waals surface area contributed by atoms with Crippen LogP contribution in [-0.4, -0.2) is 39.8 Å². The molecule has 1 aliphatic rings. The van der Waals surface area contributed by atoms with Crippen molar-refractivity contribution in [1.82, 2.24) is 9.88 Å². The lowest BCUT2D eigenvalue weighted by atomic mass is 9.96. The normalized spacial score (nSPS) is 18.5. The van der Waals surface area contributed by atoms with Crippen LogP contribution in [0.1, 0.15) is 43.9 Å². The number of carbonyl (C=O) groups is 2. The molecule has 0 aliphatic carbocycles. The van der Waals surface area contributed by atoms with Crippen molar-refractivity contribution < 1.29 is 19.4 Å². The predicted octanol–water partition coefficient (Wildman–Crippen LogP) is 3.70. The fourth-order valence-corrected chi connectivity index (χ4v) is 3.32. The average Bonchev–Trinajstić information content (AvgIpc) is 2.98. The summed E-state index contributed by atoms with van der Waals surface area (Å²) < 4.78 is 5.56. The van der Waals surface area contributed by atoms with Gasteiger partial charge in [-0.05, 0) is 48.7 Å². The fourth-order valence-electron chi connectivity index (χ4n) is 3.32. The zero-order valence-corrected chi connectivity index (χ0v) is 16.1. The lowest BCUT2D eigenvalue weighted by molar-refractivity contribution is -0.139. The Morgan fingerprint density at radius 1 is 1.14 bits per heavy atom. The molecule has 0 spiro atoms. The number of amides is 1. The standard InChI is InChI=1S/C22H24N2O4/c1-3-12-24-19(16-6-5-11-23-14-16)18(21(26)22(24)27)20(25)15-7-9-17(10-8-15)28-13-4-2/h5-11,14,19,25H,3-4,12-13H2,1-2H3/b20-18-. The molecular formula is C22H24N2O4. The summed E-state index contributed by atoms with van der Waals surface area (Å²) in [4.78, 5) is 30.9. The Morgan fingerprint density at radius 3 is 2.50 bits per heavy atom. The highest BCUT2D eigenvalue weighted by Gasteiger charge is 2.45. The van der Waals surface area contributed by atoms with Gasteiger partial charge in [0.05, 0.1) is 18.2 Å². The fraction of sp³-hybridized carbons (Fsp3) is 0.318. The molecule has 1 amide bonds. The molecule has 3 rings (SSSR count). The Hall–Kier alpha value is -3.15. The van der Waals surface area contributed by atoms with Crippen molar-refractivity contribution in [3.8, 4) is 5.75 Å². The number of aromatic nitrogens is 1. The maximum absolute atomic E-state index is 12.7. The van der Waals surface area contributed by atoms with Crippen LogP contribution in [0.2, 0.25) is 0 Å². The first-order valence-electron chi connectivity index (χ1n) is 9.50. The minimum absolute atomic E-state index is 0.0914. The molecule has 6 heteroatoms. The van der Waals surface area contributed by atoms with Gasteiger partial charge in [0.1, 0.15) is 11.5 Å². The van der Waals surface area contributed by atoms with Crippen LogP contribution in [0.15, 0.2) is 54.4 Å². The van der Waals surface area contributed by atoms with Crippen molar-refractivity contribution in [3.63, 3.8) is 0 Å². The highest BCUT2D eigenvalue weighted by atomic mass is 16.5. The smallest absolute Gasteiger partial charge is 0.295 e. The number of benzene rings is 1. The van der Waals surface area contributed by atoms with Gasteiger partial charge in [0.2, 0.25) is 0 Å². The lowest BCUT2D eigenvalue weighted by Gasteiger charge is -2.24. The van der Waals surface area contributed by atoms with Crippen molar-refractivity contribution in [2.45, 2.75) is 32.7 Å². The molecule has 1 saturated heterocycles. The molecule has 2 heterocycles. The van der Waals surface area contributed by atoms with E-state index < -0.39 is 17.7 Å². The van der Waals surface area contributed by atoms with E-state index in [2.05, 4.69) is 4.98 Å². The van der Waals surface area contributed by atoms with E-state index in [0.29, 0.717) is 36.4 Å². The maximum atomic E-state index is 12.7. The molecule has 1 fully saturated rings. The molecular weight excluding hydrogens is 356 g/mol. The Kier molecular flexibility index (Phi) is 6.09. The largest absolute Gasteiger partial charge is 0.507 e. The number of pyridine rings is 1. The monoisotopic (exact) mass is 380 g/mol. The van der Waals surface area contributed by atoms with Gasteiger partial charge in [-0.25, -0.2) is 0 Å². The summed E-state index contributed by atoms with van der Waals surface area (Å²) in [6.45, 7) is 4.99. The predicted molar refractivity (Wildman–Crippen MR) is 106 cm³/mol. The number of aliphatic hydroxyl groups is 1. The van der Waals surface area contributed by atoms with Gasteiger partial charge in [-0.15, -0.1) is 0 Å². The Balaban J connectivity index is 2.04. The van der Waals surface area contributed by atoms with Gasteiger partial charge in [0.25, 0.3) is 11.7 Å². The number of ether oxygens (including phenoxy) is 1.